The molecule has 2 nitrogen and oxygen atoms in total. The summed E-state index contributed by atoms with van der Waals surface area (Å²) in [5.41, 5.74) is 0. The minimum Gasteiger partial charge on any atom is -0.236 e. The second kappa shape index (κ2) is 3.35. The fourth-order valence-corrected chi connectivity index (χ4v) is 1.13. The highest BCUT2D eigenvalue weighted by Crippen LogP contribution is 2.23. The summed E-state index contributed by atoms with van der Waals surface area (Å²) >= 11 is 0. The zero-order valence-electron chi connectivity index (χ0n) is 6.96. The van der Waals surface area contributed by atoms with Crippen LogP contribution in [0.2, 0.25) is 0 Å². The first-order valence-electron chi connectivity index (χ1n) is 4.00. The second-order valence-corrected chi connectivity index (χ2v) is 3.35. The van der Waals surface area contributed by atoms with Gasteiger partial charge >= 0.3 is 0 Å². The van der Waals surface area contributed by atoms with E-state index in [1.807, 2.05) is 0 Å². The first-order valence-corrected chi connectivity index (χ1v) is 4.00. The highest BCUT2D eigenvalue weighted by atomic mass is 17.2. The van der Waals surface area contributed by atoms with E-state index in [1.54, 1.807) is 0 Å². The fourth-order valence-electron chi connectivity index (χ4n) is 1.13. The lowest BCUT2D eigenvalue weighted by Crippen LogP contribution is -2.21. The van der Waals surface area contributed by atoms with Gasteiger partial charge in [0.2, 0.25) is 0 Å². The zero-order valence-corrected chi connectivity index (χ0v) is 6.96. The quantitative estimate of drug-likeness (QED) is 0.552. The average Bonchev–Trinajstić information content (AvgIpc) is 2.36. The van der Waals surface area contributed by atoms with E-state index >= 15 is 0 Å². The Balaban J connectivity index is 2.32. The molecule has 1 rings (SSSR count). The third kappa shape index (κ3) is 1.70. The molecule has 0 spiro atoms. The van der Waals surface area contributed by atoms with Gasteiger partial charge in [-0.3, -0.25) is 0 Å². The van der Waals surface area contributed by atoms with Gasteiger partial charge in [0, 0.05) is 6.42 Å². The third-order valence-electron chi connectivity index (χ3n) is 2.32. The molecule has 2 unspecified atom stereocenters. The van der Waals surface area contributed by atoms with Crippen LogP contribution in [0.3, 0.4) is 0 Å². The molecule has 0 amide bonds. The summed E-state index contributed by atoms with van der Waals surface area (Å²) < 4.78 is 0. The maximum Gasteiger partial charge on any atom is 0.0980 e. The van der Waals surface area contributed by atoms with Gasteiger partial charge in [0.05, 0.1) is 12.7 Å². The van der Waals surface area contributed by atoms with Crippen LogP contribution >= 0.6 is 0 Å². The summed E-state index contributed by atoms with van der Waals surface area (Å²) in [6, 6.07) is 0. The van der Waals surface area contributed by atoms with Crippen molar-refractivity contribution in [1.29, 1.82) is 0 Å². The van der Waals surface area contributed by atoms with Gasteiger partial charge in [-0.2, -0.15) is 0 Å². The Bertz CT molecular complexity index is 95.4. The largest absolute Gasteiger partial charge is 0.236 e. The Labute approximate surface area is 62.4 Å². The molecule has 0 aliphatic carbocycles. The van der Waals surface area contributed by atoms with Crippen molar-refractivity contribution in [2.75, 3.05) is 6.61 Å². The Hall–Kier alpha value is -0.0800. The molecule has 0 aromatic rings. The van der Waals surface area contributed by atoms with Crippen molar-refractivity contribution in [3.8, 4) is 0 Å². The van der Waals surface area contributed by atoms with Gasteiger partial charge in [0.1, 0.15) is 0 Å². The third-order valence-corrected chi connectivity index (χ3v) is 2.32. The molecule has 2 heteroatoms. The lowest BCUT2D eigenvalue weighted by Gasteiger charge is -2.19. The van der Waals surface area contributed by atoms with Gasteiger partial charge < -0.3 is 0 Å². The monoisotopic (exact) mass is 144 g/mol. The summed E-state index contributed by atoms with van der Waals surface area (Å²) in [6.07, 6.45) is 1.39. The van der Waals surface area contributed by atoms with Crippen LogP contribution < -0.4 is 0 Å². The molecule has 0 aromatic heterocycles. The van der Waals surface area contributed by atoms with Crippen molar-refractivity contribution in [2.24, 2.45) is 11.8 Å². The fraction of sp³-hybridized carbons (Fsp3) is 1.00. The summed E-state index contributed by atoms with van der Waals surface area (Å²) in [6.45, 7) is 7.41. The minimum atomic E-state index is 0.333. The van der Waals surface area contributed by atoms with E-state index in [2.05, 4.69) is 20.8 Å². The topological polar surface area (TPSA) is 18.5 Å². The van der Waals surface area contributed by atoms with E-state index in [1.165, 1.54) is 0 Å². The highest BCUT2D eigenvalue weighted by Gasteiger charge is 2.25. The summed E-state index contributed by atoms with van der Waals surface area (Å²) in [4.78, 5) is 9.90. The van der Waals surface area contributed by atoms with Crippen molar-refractivity contribution < 1.29 is 9.78 Å². The van der Waals surface area contributed by atoms with Crippen LogP contribution in [0, 0.1) is 11.8 Å². The Kier molecular flexibility index (Phi) is 2.69. The minimum absolute atomic E-state index is 0.333. The molecule has 0 aromatic carbocycles. The van der Waals surface area contributed by atoms with E-state index in [9.17, 15) is 0 Å². The van der Waals surface area contributed by atoms with Crippen molar-refractivity contribution in [3.05, 3.63) is 0 Å². The molecule has 1 fully saturated rings. The maximum atomic E-state index is 5.08. The predicted molar refractivity (Wildman–Crippen MR) is 39.4 cm³/mol. The summed E-state index contributed by atoms with van der Waals surface area (Å²) in [7, 11) is 0. The summed E-state index contributed by atoms with van der Waals surface area (Å²) in [5.74, 6) is 1.30. The zero-order chi connectivity index (χ0) is 7.56. The lowest BCUT2D eigenvalue weighted by molar-refractivity contribution is -0.284. The molecule has 1 heterocycles. The Morgan fingerprint density at radius 1 is 1.30 bits per heavy atom. The molecule has 0 saturated carbocycles. The van der Waals surface area contributed by atoms with Crippen LogP contribution in [-0.2, 0) is 9.78 Å². The highest BCUT2D eigenvalue weighted by molar-refractivity contribution is 4.69. The molecular weight excluding hydrogens is 128 g/mol. The number of hydrogen-bond acceptors (Lipinski definition) is 2. The first-order chi connectivity index (χ1) is 4.72. The van der Waals surface area contributed by atoms with Crippen molar-refractivity contribution in [3.63, 3.8) is 0 Å². The molecule has 2 atom stereocenters. The van der Waals surface area contributed by atoms with Crippen molar-refractivity contribution >= 4 is 0 Å². The van der Waals surface area contributed by atoms with E-state index in [0.717, 1.165) is 13.0 Å². The second-order valence-electron chi connectivity index (χ2n) is 3.35. The molecule has 0 bridgehead atoms. The predicted octanol–water partition coefficient (Wildman–Crippen LogP) is 2.00. The van der Waals surface area contributed by atoms with E-state index in [4.69, 9.17) is 9.78 Å². The van der Waals surface area contributed by atoms with Crippen LogP contribution in [0.25, 0.3) is 0 Å². The first kappa shape index (κ1) is 8.02. The van der Waals surface area contributed by atoms with Crippen LogP contribution in [0.4, 0.5) is 0 Å². The van der Waals surface area contributed by atoms with Crippen LogP contribution in [0.15, 0.2) is 0 Å². The molecule has 0 radical (unpaired) electrons. The molecule has 0 N–H and O–H groups in total. The number of hydrogen-bond donors (Lipinski definition) is 0. The Morgan fingerprint density at radius 2 is 2.00 bits per heavy atom. The van der Waals surface area contributed by atoms with Crippen LogP contribution in [0.1, 0.15) is 27.2 Å². The molecule has 1 aliphatic heterocycles. The van der Waals surface area contributed by atoms with Crippen molar-refractivity contribution in [2.45, 2.75) is 33.3 Å². The smallest absolute Gasteiger partial charge is 0.0980 e. The molecule has 1 saturated heterocycles. The van der Waals surface area contributed by atoms with Gasteiger partial charge in [0.15, 0.2) is 0 Å². The standard InChI is InChI=1S/C8H16O2/c1-6(2)7(3)8-4-5-9-10-8/h6-8H,4-5H2,1-3H3. The van der Waals surface area contributed by atoms with E-state index in [-0.39, 0.29) is 0 Å². The SMILES string of the molecule is CC(C)C(C)C1CCOO1. The molecule has 10 heavy (non-hydrogen) atoms. The van der Waals surface area contributed by atoms with Crippen LogP contribution in [-0.4, -0.2) is 12.7 Å². The maximum absolute atomic E-state index is 5.08. The lowest BCUT2D eigenvalue weighted by atomic mass is 9.91. The van der Waals surface area contributed by atoms with Crippen molar-refractivity contribution in [1.82, 2.24) is 0 Å². The molecular formula is C8H16O2. The van der Waals surface area contributed by atoms with Gasteiger partial charge in [0.25, 0.3) is 0 Å². The number of rotatable bonds is 2. The van der Waals surface area contributed by atoms with Crippen LogP contribution in [0.5, 0.6) is 0 Å². The normalized spacial score (nSPS) is 29.4. The van der Waals surface area contributed by atoms with Gasteiger partial charge in [-0.15, -0.1) is 0 Å². The van der Waals surface area contributed by atoms with E-state index < -0.39 is 0 Å². The van der Waals surface area contributed by atoms with Gasteiger partial charge in [-0.25, -0.2) is 9.78 Å². The Morgan fingerprint density at radius 3 is 2.40 bits per heavy atom. The summed E-state index contributed by atoms with van der Waals surface area (Å²) in [5, 5.41) is 0. The van der Waals surface area contributed by atoms with Gasteiger partial charge in [-0.05, 0) is 11.8 Å². The van der Waals surface area contributed by atoms with Gasteiger partial charge in [-0.1, -0.05) is 20.8 Å². The van der Waals surface area contributed by atoms with E-state index in [0.29, 0.717) is 17.9 Å². The molecule has 1 aliphatic rings. The molecule has 60 valence electrons. The average molecular weight is 144 g/mol.